The topological polar surface area (TPSA) is 98.5 Å². The second-order valence-electron chi connectivity index (χ2n) is 4.76. The first-order valence-corrected chi connectivity index (χ1v) is 8.07. The van der Waals surface area contributed by atoms with Gasteiger partial charge < -0.3 is 10.1 Å². The molecule has 2 unspecified atom stereocenters. The molecule has 116 valence electrons. The zero-order valence-electron chi connectivity index (χ0n) is 11.1. The van der Waals surface area contributed by atoms with Crippen LogP contribution < -0.4 is 10.5 Å². The monoisotopic (exact) mass is 336 g/mol. The van der Waals surface area contributed by atoms with Crippen molar-refractivity contribution in [3.05, 3.63) is 28.5 Å². The fourth-order valence-corrected chi connectivity index (χ4v) is 2.81. The van der Waals surface area contributed by atoms with Gasteiger partial charge in [0, 0.05) is 6.61 Å². The summed E-state index contributed by atoms with van der Waals surface area (Å²) in [4.78, 5) is 11.6. The van der Waals surface area contributed by atoms with Gasteiger partial charge in [-0.2, -0.15) is 0 Å². The van der Waals surface area contributed by atoms with Gasteiger partial charge in [0.1, 0.15) is 5.82 Å². The molecule has 0 aliphatic carbocycles. The van der Waals surface area contributed by atoms with Gasteiger partial charge >= 0.3 is 0 Å². The number of ether oxygens (including phenoxy) is 1. The van der Waals surface area contributed by atoms with Crippen LogP contribution in [0.4, 0.5) is 4.39 Å². The Balaban J connectivity index is 2.34. The lowest BCUT2D eigenvalue weighted by atomic mass is 10.1. The summed E-state index contributed by atoms with van der Waals surface area (Å²) >= 11 is 5.73. The molecule has 1 heterocycles. The van der Waals surface area contributed by atoms with Crippen LogP contribution in [0, 0.1) is 5.82 Å². The maximum atomic E-state index is 13.7. The highest BCUT2D eigenvalue weighted by Crippen LogP contribution is 2.24. The predicted octanol–water partition coefficient (Wildman–Crippen LogP) is 1.03. The molecule has 0 radical (unpaired) electrons. The summed E-state index contributed by atoms with van der Waals surface area (Å²) in [6, 6.07) is 1.39. The van der Waals surface area contributed by atoms with Crippen LogP contribution in [0.1, 0.15) is 23.7 Å². The first kappa shape index (κ1) is 16.2. The number of rotatable bonds is 3. The number of nitrogens with two attached hydrogens (primary N) is 1. The molecule has 0 saturated carbocycles. The highest BCUT2D eigenvalue weighted by Gasteiger charge is 2.28. The van der Waals surface area contributed by atoms with Gasteiger partial charge in [-0.1, -0.05) is 11.6 Å². The van der Waals surface area contributed by atoms with Crippen LogP contribution in [0.15, 0.2) is 17.0 Å². The van der Waals surface area contributed by atoms with Crippen LogP contribution in [0.5, 0.6) is 0 Å². The van der Waals surface area contributed by atoms with Crippen LogP contribution in [-0.2, 0) is 14.8 Å². The molecule has 21 heavy (non-hydrogen) atoms. The Hall–Kier alpha value is -1.22. The molecule has 1 aromatic carbocycles. The normalized spacial score (nSPS) is 22.3. The van der Waals surface area contributed by atoms with E-state index < -0.39 is 31.7 Å². The lowest BCUT2D eigenvalue weighted by molar-refractivity contribution is 0.0865. The van der Waals surface area contributed by atoms with Crippen molar-refractivity contribution < 1.29 is 22.3 Å². The molecule has 6 nitrogen and oxygen atoms in total. The van der Waals surface area contributed by atoms with Crippen LogP contribution in [0.2, 0.25) is 5.02 Å². The van der Waals surface area contributed by atoms with Crippen LogP contribution in [-0.4, -0.2) is 33.1 Å². The number of amides is 1. The fourth-order valence-electron chi connectivity index (χ4n) is 2.06. The highest BCUT2D eigenvalue weighted by molar-refractivity contribution is 7.89. The zero-order chi connectivity index (χ0) is 15.8. The summed E-state index contributed by atoms with van der Waals surface area (Å²) < 4.78 is 41.5. The number of hydrogen-bond acceptors (Lipinski definition) is 4. The number of halogens is 2. The number of carbonyl (C=O) groups excluding carboxylic acids is 1. The highest BCUT2D eigenvalue weighted by atomic mass is 35.5. The molecule has 9 heteroatoms. The number of primary sulfonamides is 1. The molecule has 1 saturated heterocycles. The van der Waals surface area contributed by atoms with Crippen molar-refractivity contribution in [1.29, 1.82) is 0 Å². The first-order chi connectivity index (χ1) is 9.70. The number of sulfonamides is 1. The molecule has 1 aliphatic rings. The Morgan fingerprint density at radius 2 is 2.19 bits per heavy atom. The molecule has 1 amide bonds. The average Bonchev–Trinajstić information content (AvgIpc) is 2.76. The third-order valence-electron chi connectivity index (χ3n) is 3.27. The van der Waals surface area contributed by atoms with Crippen LogP contribution in [0.25, 0.3) is 0 Å². The minimum absolute atomic E-state index is 0.181. The summed E-state index contributed by atoms with van der Waals surface area (Å²) in [5.41, 5.74) is -0.278. The van der Waals surface area contributed by atoms with Gasteiger partial charge in [-0.25, -0.2) is 17.9 Å². The first-order valence-electron chi connectivity index (χ1n) is 6.14. The van der Waals surface area contributed by atoms with Gasteiger partial charge in [0.2, 0.25) is 10.0 Å². The van der Waals surface area contributed by atoms with E-state index in [2.05, 4.69) is 5.32 Å². The number of benzene rings is 1. The Bertz CT molecular complexity index is 680. The maximum absolute atomic E-state index is 13.7. The Morgan fingerprint density at radius 3 is 2.71 bits per heavy atom. The summed E-state index contributed by atoms with van der Waals surface area (Å²) in [6.45, 7) is 2.30. The SMILES string of the molecule is CC1OCCC1NC(=O)c1cc(S(N)(=O)=O)cc(F)c1Cl. The van der Waals surface area contributed by atoms with Crippen molar-refractivity contribution in [2.45, 2.75) is 30.4 Å². The van der Waals surface area contributed by atoms with E-state index in [-0.39, 0.29) is 17.7 Å². The quantitative estimate of drug-likeness (QED) is 0.861. The molecular weight excluding hydrogens is 323 g/mol. The minimum Gasteiger partial charge on any atom is -0.376 e. The van der Waals surface area contributed by atoms with Gasteiger partial charge in [0.15, 0.2) is 0 Å². The molecule has 1 aromatic rings. The summed E-state index contributed by atoms with van der Waals surface area (Å²) in [6.07, 6.45) is 0.431. The lowest BCUT2D eigenvalue weighted by Gasteiger charge is -2.17. The largest absolute Gasteiger partial charge is 0.376 e. The smallest absolute Gasteiger partial charge is 0.253 e. The third kappa shape index (κ3) is 3.52. The number of hydrogen-bond donors (Lipinski definition) is 2. The molecule has 1 aliphatic heterocycles. The third-order valence-corrected chi connectivity index (χ3v) is 4.54. The van der Waals surface area contributed by atoms with E-state index >= 15 is 0 Å². The van der Waals surface area contributed by atoms with Crippen molar-refractivity contribution in [2.24, 2.45) is 5.14 Å². The van der Waals surface area contributed by atoms with Crippen molar-refractivity contribution in [3.63, 3.8) is 0 Å². The van der Waals surface area contributed by atoms with Crippen LogP contribution in [0.3, 0.4) is 0 Å². The number of carbonyl (C=O) groups is 1. The van der Waals surface area contributed by atoms with Gasteiger partial charge in [-0.3, -0.25) is 4.79 Å². The molecule has 1 fully saturated rings. The molecule has 0 bridgehead atoms. The fraction of sp³-hybridized carbons (Fsp3) is 0.417. The predicted molar refractivity (Wildman–Crippen MR) is 74.1 cm³/mol. The Labute approximate surface area is 126 Å². The van der Waals surface area contributed by atoms with Gasteiger partial charge in [-0.15, -0.1) is 0 Å². The van der Waals surface area contributed by atoms with E-state index in [0.29, 0.717) is 19.1 Å². The van der Waals surface area contributed by atoms with Gasteiger partial charge in [-0.05, 0) is 25.5 Å². The van der Waals surface area contributed by atoms with Gasteiger partial charge in [0.05, 0.1) is 27.6 Å². The molecule has 3 N–H and O–H groups in total. The van der Waals surface area contributed by atoms with E-state index in [0.717, 1.165) is 6.07 Å². The van der Waals surface area contributed by atoms with Gasteiger partial charge in [0.25, 0.3) is 5.91 Å². The van der Waals surface area contributed by atoms with Crippen molar-refractivity contribution in [2.75, 3.05) is 6.61 Å². The molecule has 2 atom stereocenters. The average molecular weight is 337 g/mol. The Morgan fingerprint density at radius 1 is 1.52 bits per heavy atom. The number of nitrogens with one attached hydrogen (secondary N) is 1. The molecule has 2 rings (SSSR count). The van der Waals surface area contributed by atoms with Crippen molar-refractivity contribution in [3.8, 4) is 0 Å². The Kier molecular flexibility index (Phi) is 4.52. The van der Waals surface area contributed by atoms with Crippen molar-refractivity contribution in [1.82, 2.24) is 5.32 Å². The molecular formula is C12H14ClFN2O4S. The van der Waals surface area contributed by atoms with E-state index in [4.69, 9.17) is 21.5 Å². The molecule has 0 spiro atoms. The second kappa shape index (κ2) is 5.88. The summed E-state index contributed by atoms with van der Waals surface area (Å²) in [5.74, 6) is -1.70. The molecule has 0 aromatic heterocycles. The summed E-state index contributed by atoms with van der Waals surface area (Å²) in [7, 11) is -4.14. The zero-order valence-corrected chi connectivity index (χ0v) is 12.7. The van der Waals surface area contributed by atoms with E-state index in [1.54, 1.807) is 6.92 Å². The van der Waals surface area contributed by atoms with Crippen LogP contribution >= 0.6 is 11.6 Å². The maximum Gasteiger partial charge on any atom is 0.253 e. The van der Waals surface area contributed by atoms with Crippen molar-refractivity contribution >= 4 is 27.5 Å². The summed E-state index contributed by atoms with van der Waals surface area (Å²) in [5, 5.41) is 7.13. The minimum atomic E-state index is -4.14. The lowest BCUT2D eigenvalue weighted by Crippen LogP contribution is -2.39. The standard InChI is InChI=1S/C12H14ClFN2O4S/c1-6-10(2-3-20-6)16-12(17)8-4-7(21(15,18)19)5-9(14)11(8)13/h4-6,10H,2-3H2,1H3,(H,16,17)(H2,15,18,19). The second-order valence-corrected chi connectivity index (χ2v) is 6.70. The van der Waals surface area contributed by atoms with E-state index in [9.17, 15) is 17.6 Å². The van der Waals surface area contributed by atoms with E-state index in [1.807, 2.05) is 0 Å². The van der Waals surface area contributed by atoms with E-state index in [1.165, 1.54) is 0 Å².